The van der Waals surface area contributed by atoms with Gasteiger partial charge in [0.1, 0.15) is 5.75 Å². The van der Waals surface area contributed by atoms with E-state index in [1.807, 2.05) is 6.92 Å². The first kappa shape index (κ1) is 14.9. The molecule has 0 spiro atoms. The van der Waals surface area contributed by atoms with Crippen molar-refractivity contribution in [1.29, 1.82) is 0 Å². The van der Waals surface area contributed by atoms with Crippen molar-refractivity contribution in [2.45, 2.75) is 20.0 Å². The third-order valence-electron chi connectivity index (χ3n) is 2.91. The number of benzene rings is 1. The van der Waals surface area contributed by atoms with Crippen LogP contribution in [-0.4, -0.2) is 22.7 Å². The Hall–Kier alpha value is -2.50. The van der Waals surface area contributed by atoms with Gasteiger partial charge in [-0.3, -0.25) is 4.98 Å². The maximum Gasteiger partial charge on any atom is 0.387 e. The molecule has 0 bridgehead atoms. The maximum atomic E-state index is 12.1. The third kappa shape index (κ3) is 3.53. The van der Waals surface area contributed by atoms with Gasteiger partial charge in [0, 0.05) is 5.56 Å². The van der Waals surface area contributed by atoms with Gasteiger partial charge >= 0.3 is 12.6 Å². The molecule has 0 aliphatic carbocycles. The smallest absolute Gasteiger partial charge is 0.387 e. The van der Waals surface area contributed by atoms with Crippen LogP contribution in [0.1, 0.15) is 23.0 Å². The summed E-state index contributed by atoms with van der Waals surface area (Å²) in [6.45, 7) is -1.05. The molecule has 1 heterocycles. The zero-order valence-electron chi connectivity index (χ0n) is 11.2. The van der Waals surface area contributed by atoms with Crippen molar-refractivity contribution in [1.82, 2.24) is 4.98 Å². The summed E-state index contributed by atoms with van der Waals surface area (Å²) in [4.78, 5) is 15.4. The second-order valence-corrected chi connectivity index (χ2v) is 4.25. The highest BCUT2D eigenvalue weighted by molar-refractivity contribution is 5.89. The fourth-order valence-corrected chi connectivity index (χ4v) is 1.93. The molecule has 0 aliphatic rings. The van der Waals surface area contributed by atoms with Crippen molar-refractivity contribution in [3.8, 4) is 17.0 Å². The van der Waals surface area contributed by atoms with E-state index in [9.17, 15) is 13.6 Å². The lowest BCUT2D eigenvalue weighted by Gasteiger charge is -2.08. The van der Waals surface area contributed by atoms with E-state index in [0.29, 0.717) is 23.4 Å². The zero-order chi connectivity index (χ0) is 15.4. The molecule has 2 rings (SSSR count). The highest BCUT2D eigenvalue weighted by Crippen LogP contribution is 2.23. The van der Waals surface area contributed by atoms with Crippen molar-refractivity contribution in [3.05, 3.63) is 47.7 Å². The summed E-state index contributed by atoms with van der Waals surface area (Å²) >= 11 is 0. The molecule has 0 unspecified atom stereocenters. The molecule has 0 saturated heterocycles. The molecular weight excluding hydrogens is 280 g/mol. The number of aryl methyl sites for hydroxylation is 1. The summed E-state index contributed by atoms with van der Waals surface area (Å²) in [7, 11) is 0. The van der Waals surface area contributed by atoms with Gasteiger partial charge in [-0.15, -0.1) is 0 Å². The highest BCUT2D eigenvalue weighted by atomic mass is 19.3. The minimum Gasteiger partial charge on any atom is -0.478 e. The lowest BCUT2D eigenvalue weighted by molar-refractivity contribution is -0.0498. The van der Waals surface area contributed by atoms with Crippen LogP contribution in [0.2, 0.25) is 0 Å². The van der Waals surface area contributed by atoms with E-state index >= 15 is 0 Å². The van der Waals surface area contributed by atoms with E-state index in [4.69, 9.17) is 5.11 Å². The zero-order valence-corrected chi connectivity index (χ0v) is 11.2. The van der Waals surface area contributed by atoms with Gasteiger partial charge in [0.15, 0.2) is 0 Å². The fraction of sp³-hybridized carbons (Fsp3) is 0.200. The first-order valence-electron chi connectivity index (χ1n) is 6.29. The van der Waals surface area contributed by atoms with Crippen molar-refractivity contribution in [2.24, 2.45) is 0 Å². The van der Waals surface area contributed by atoms with E-state index in [2.05, 4.69) is 9.72 Å². The molecule has 21 heavy (non-hydrogen) atoms. The van der Waals surface area contributed by atoms with Crippen LogP contribution in [0.5, 0.6) is 5.75 Å². The number of rotatable bonds is 5. The first-order valence-corrected chi connectivity index (χ1v) is 6.29. The van der Waals surface area contributed by atoms with Gasteiger partial charge in [0.25, 0.3) is 0 Å². The van der Waals surface area contributed by atoms with E-state index in [1.54, 1.807) is 18.2 Å². The quantitative estimate of drug-likeness (QED) is 0.914. The molecule has 6 heteroatoms. The number of hydrogen-bond acceptors (Lipinski definition) is 3. The molecule has 1 N–H and O–H groups in total. The molecule has 2 aromatic rings. The summed E-state index contributed by atoms with van der Waals surface area (Å²) in [5, 5.41) is 9.05. The van der Waals surface area contributed by atoms with Gasteiger partial charge in [-0.2, -0.15) is 8.78 Å². The van der Waals surface area contributed by atoms with Crippen molar-refractivity contribution in [2.75, 3.05) is 0 Å². The molecule has 0 amide bonds. The van der Waals surface area contributed by atoms with Gasteiger partial charge in [-0.25, -0.2) is 4.79 Å². The number of nitrogens with zero attached hydrogens (tertiary/aromatic N) is 1. The summed E-state index contributed by atoms with van der Waals surface area (Å²) in [6.07, 6.45) is 0.488. The van der Waals surface area contributed by atoms with Crippen LogP contribution in [0.3, 0.4) is 0 Å². The van der Waals surface area contributed by atoms with Crippen LogP contribution in [0, 0.1) is 0 Å². The lowest BCUT2D eigenvalue weighted by atomic mass is 10.1. The summed E-state index contributed by atoms with van der Waals surface area (Å²) in [5.41, 5.74) is 1.93. The number of pyridine rings is 1. The number of carbonyl (C=O) groups is 1. The number of aromatic carboxylic acids is 1. The topological polar surface area (TPSA) is 59.4 Å². The Kier molecular flexibility index (Phi) is 4.47. The standard InChI is InChI=1S/C15H13F2NO3/c1-2-12-11(14(19)20)7-8-13(18-12)9-3-5-10(6-4-9)21-15(16)17/h3-8,15H,2H2,1H3,(H,19,20). The van der Waals surface area contributed by atoms with Crippen LogP contribution in [0.25, 0.3) is 11.3 Å². The molecule has 1 aromatic carbocycles. The Morgan fingerprint density at radius 3 is 2.43 bits per heavy atom. The predicted octanol–water partition coefficient (Wildman–Crippen LogP) is 3.61. The minimum absolute atomic E-state index is 0.0617. The first-order chi connectivity index (χ1) is 10.0. The summed E-state index contributed by atoms with van der Waals surface area (Å²) < 4.78 is 28.4. The molecule has 0 atom stereocenters. The number of hydrogen-bond donors (Lipinski definition) is 1. The Labute approximate surface area is 120 Å². The SMILES string of the molecule is CCc1nc(-c2ccc(OC(F)F)cc2)ccc1C(=O)O. The fourth-order valence-electron chi connectivity index (χ4n) is 1.93. The average molecular weight is 293 g/mol. The second-order valence-electron chi connectivity index (χ2n) is 4.25. The molecule has 0 radical (unpaired) electrons. The Morgan fingerprint density at radius 2 is 1.90 bits per heavy atom. The highest BCUT2D eigenvalue weighted by Gasteiger charge is 2.12. The van der Waals surface area contributed by atoms with Crippen LogP contribution in [0.4, 0.5) is 8.78 Å². The third-order valence-corrected chi connectivity index (χ3v) is 2.91. The van der Waals surface area contributed by atoms with E-state index < -0.39 is 12.6 Å². The molecule has 0 saturated carbocycles. The van der Waals surface area contributed by atoms with Gasteiger partial charge in [0.05, 0.1) is 17.0 Å². The maximum absolute atomic E-state index is 12.1. The average Bonchev–Trinajstić information content (AvgIpc) is 2.46. The second kappa shape index (κ2) is 6.30. The Morgan fingerprint density at radius 1 is 1.24 bits per heavy atom. The van der Waals surface area contributed by atoms with Gasteiger partial charge in [-0.05, 0) is 42.8 Å². The number of ether oxygens (including phenoxy) is 1. The van der Waals surface area contributed by atoms with Gasteiger partial charge in [-0.1, -0.05) is 6.92 Å². The van der Waals surface area contributed by atoms with Crippen LogP contribution in [0.15, 0.2) is 36.4 Å². The van der Waals surface area contributed by atoms with Gasteiger partial charge in [0.2, 0.25) is 0 Å². The van der Waals surface area contributed by atoms with Crippen molar-refractivity contribution in [3.63, 3.8) is 0 Å². The Balaban J connectivity index is 2.31. The van der Waals surface area contributed by atoms with E-state index in [0.717, 1.165) is 0 Å². The minimum atomic E-state index is -2.87. The summed E-state index contributed by atoms with van der Waals surface area (Å²) in [5.74, 6) is -0.960. The van der Waals surface area contributed by atoms with Gasteiger partial charge < -0.3 is 9.84 Å². The lowest BCUT2D eigenvalue weighted by Crippen LogP contribution is -2.05. The molecule has 110 valence electrons. The number of carboxylic acid groups (broad SMARTS) is 1. The molecule has 4 nitrogen and oxygen atoms in total. The number of halogens is 2. The predicted molar refractivity (Wildman–Crippen MR) is 72.6 cm³/mol. The molecule has 1 aromatic heterocycles. The van der Waals surface area contributed by atoms with Crippen LogP contribution in [-0.2, 0) is 6.42 Å². The number of aromatic nitrogens is 1. The van der Waals surface area contributed by atoms with Crippen molar-refractivity contribution < 1.29 is 23.4 Å². The molecule has 0 aliphatic heterocycles. The molecular formula is C15H13F2NO3. The van der Waals surface area contributed by atoms with E-state index in [-0.39, 0.29) is 11.3 Å². The molecule has 0 fully saturated rings. The normalized spacial score (nSPS) is 10.7. The van der Waals surface area contributed by atoms with Crippen LogP contribution < -0.4 is 4.74 Å². The van der Waals surface area contributed by atoms with Crippen LogP contribution >= 0.6 is 0 Å². The van der Waals surface area contributed by atoms with Crippen molar-refractivity contribution >= 4 is 5.97 Å². The monoisotopic (exact) mass is 293 g/mol. The Bertz CT molecular complexity index is 642. The summed E-state index contributed by atoms with van der Waals surface area (Å²) in [6, 6.07) is 9.11. The largest absolute Gasteiger partial charge is 0.478 e. The number of alkyl halides is 2. The number of carboxylic acids is 1. The van der Waals surface area contributed by atoms with E-state index in [1.165, 1.54) is 18.2 Å².